The zero-order valence-corrected chi connectivity index (χ0v) is 20.9. The maximum absolute atomic E-state index is 6.00. The van der Waals surface area contributed by atoms with Crippen LogP contribution in [0.3, 0.4) is 0 Å². The molecule has 0 aromatic heterocycles. The summed E-state index contributed by atoms with van der Waals surface area (Å²) >= 11 is 0. The first-order valence-corrected chi connectivity index (χ1v) is 13.5. The summed E-state index contributed by atoms with van der Waals surface area (Å²) in [6, 6.07) is 17.6. The lowest BCUT2D eigenvalue weighted by Gasteiger charge is -2.47. The molecule has 0 N–H and O–H groups in total. The van der Waals surface area contributed by atoms with Crippen molar-refractivity contribution in [2.75, 3.05) is 11.5 Å². The Kier molecular flexibility index (Phi) is 6.86. The van der Waals surface area contributed by atoms with Crippen LogP contribution in [0.25, 0.3) is 5.57 Å². The first-order valence-electron chi connectivity index (χ1n) is 10.6. The average Bonchev–Trinajstić information content (AvgIpc) is 2.59. The summed E-state index contributed by atoms with van der Waals surface area (Å²) in [6.07, 6.45) is 0. The van der Waals surface area contributed by atoms with Crippen LogP contribution in [0.1, 0.15) is 59.6 Å². The van der Waals surface area contributed by atoms with Crippen LogP contribution in [0.2, 0.25) is 13.1 Å². The van der Waals surface area contributed by atoms with E-state index in [1.54, 1.807) is 0 Å². The van der Waals surface area contributed by atoms with E-state index in [9.17, 15) is 0 Å². The molecule has 0 aliphatic heterocycles. The molecule has 0 saturated carbocycles. The summed E-state index contributed by atoms with van der Waals surface area (Å²) < 4.78 is 6.00. The van der Waals surface area contributed by atoms with E-state index in [0.717, 1.165) is 23.3 Å². The highest BCUT2D eigenvalue weighted by molar-refractivity contribution is 6.84. The first-order chi connectivity index (χ1) is 13.3. The van der Waals surface area contributed by atoms with E-state index in [2.05, 4.69) is 122 Å². The minimum atomic E-state index is -1.81. The van der Waals surface area contributed by atoms with Gasteiger partial charge >= 0.3 is 0 Å². The molecule has 3 heteroatoms. The molecule has 0 heterocycles. The van der Waals surface area contributed by atoms with Crippen molar-refractivity contribution in [1.29, 1.82) is 0 Å². The number of hydrogen-bond acceptors (Lipinski definition) is 2. The highest BCUT2D eigenvalue weighted by Gasteiger charge is 2.31. The van der Waals surface area contributed by atoms with Crippen molar-refractivity contribution in [3.63, 3.8) is 0 Å². The van der Waals surface area contributed by atoms with E-state index in [1.807, 2.05) is 0 Å². The first kappa shape index (κ1) is 23.4. The molecular weight excluding hydrogens is 370 g/mol. The molecule has 0 spiro atoms. The normalized spacial score (nSPS) is 12.7. The largest absolute Gasteiger partial charge is 0.413 e. The van der Waals surface area contributed by atoms with E-state index < -0.39 is 8.32 Å². The van der Waals surface area contributed by atoms with E-state index in [4.69, 9.17) is 4.43 Å². The Bertz CT molecular complexity index is 807. The van der Waals surface area contributed by atoms with E-state index in [1.165, 1.54) is 10.9 Å². The van der Waals surface area contributed by atoms with Gasteiger partial charge < -0.3 is 9.33 Å². The summed E-state index contributed by atoms with van der Waals surface area (Å²) in [5, 5.41) is 1.32. The van der Waals surface area contributed by atoms with Gasteiger partial charge in [0.15, 0.2) is 0 Å². The second-order valence-corrected chi connectivity index (χ2v) is 14.1. The van der Waals surface area contributed by atoms with Gasteiger partial charge in [0.2, 0.25) is 8.32 Å². The highest BCUT2D eigenvalue weighted by atomic mass is 28.4. The van der Waals surface area contributed by atoms with Gasteiger partial charge in [0, 0.05) is 23.4 Å². The van der Waals surface area contributed by atoms with Gasteiger partial charge in [-0.1, -0.05) is 43.0 Å². The molecule has 2 aromatic carbocycles. The zero-order chi connectivity index (χ0) is 22.0. The zero-order valence-electron chi connectivity index (χ0n) is 19.9. The highest BCUT2D eigenvalue weighted by Crippen LogP contribution is 2.33. The minimum absolute atomic E-state index is 0.0455. The third-order valence-electron chi connectivity index (χ3n) is 5.25. The monoisotopic (exact) mass is 409 g/mol. The van der Waals surface area contributed by atoms with Gasteiger partial charge in [-0.3, -0.25) is 0 Å². The average molecular weight is 410 g/mol. The van der Waals surface area contributed by atoms with Gasteiger partial charge in [-0.05, 0) is 95.6 Å². The second-order valence-electron chi connectivity index (χ2n) is 10.2. The van der Waals surface area contributed by atoms with Gasteiger partial charge in [-0.25, -0.2) is 0 Å². The molecule has 0 saturated heterocycles. The van der Waals surface area contributed by atoms with Gasteiger partial charge in [-0.2, -0.15) is 0 Å². The molecule has 0 amide bonds. The SMILES string of the molecule is C=C(c1ccc(N(C(C)(C)C)C(C)(C)C)cc1)c1ccc([Si](C)(C)OCC)cc1. The quantitative estimate of drug-likeness (QED) is 0.498. The van der Waals surface area contributed by atoms with Crippen LogP contribution in [-0.2, 0) is 4.43 Å². The fourth-order valence-electron chi connectivity index (χ4n) is 4.28. The van der Waals surface area contributed by atoms with Crippen LogP contribution in [0, 0.1) is 0 Å². The smallest absolute Gasteiger partial charge is 0.218 e. The van der Waals surface area contributed by atoms with Crippen LogP contribution in [-0.4, -0.2) is 26.0 Å². The molecule has 0 aliphatic carbocycles. The number of hydrogen-bond donors (Lipinski definition) is 0. The van der Waals surface area contributed by atoms with Crippen molar-refractivity contribution < 1.29 is 4.43 Å². The standard InChI is InChI=1S/C26H39NOSi/c1-11-28-29(9,10)24-18-14-22(15-19-24)20(2)21-12-16-23(17-13-21)27(25(3,4)5)26(6,7)8/h12-19H,2,11H2,1,3-10H3. The fraction of sp³-hybridized carbons (Fsp3) is 0.462. The van der Waals surface area contributed by atoms with Gasteiger partial charge in [0.05, 0.1) is 0 Å². The summed E-state index contributed by atoms with van der Waals surface area (Å²) in [5.41, 5.74) is 4.70. The predicted molar refractivity (Wildman–Crippen MR) is 132 cm³/mol. The molecule has 0 radical (unpaired) electrons. The lowest BCUT2D eigenvalue weighted by atomic mass is 9.93. The van der Waals surface area contributed by atoms with Crippen LogP contribution in [0.4, 0.5) is 5.69 Å². The Morgan fingerprint density at radius 3 is 1.62 bits per heavy atom. The third kappa shape index (κ3) is 5.61. The Morgan fingerprint density at radius 2 is 1.24 bits per heavy atom. The topological polar surface area (TPSA) is 12.5 Å². The Morgan fingerprint density at radius 1 is 0.828 bits per heavy atom. The van der Waals surface area contributed by atoms with Gasteiger partial charge in [0.25, 0.3) is 0 Å². The van der Waals surface area contributed by atoms with Gasteiger partial charge in [-0.15, -0.1) is 0 Å². The van der Waals surface area contributed by atoms with Crippen LogP contribution in [0.15, 0.2) is 55.1 Å². The van der Waals surface area contributed by atoms with E-state index >= 15 is 0 Å². The van der Waals surface area contributed by atoms with E-state index in [-0.39, 0.29) is 11.1 Å². The van der Waals surface area contributed by atoms with Crippen molar-refractivity contribution in [1.82, 2.24) is 0 Å². The number of anilines is 1. The van der Waals surface area contributed by atoms with Crippen molar-refractivity contribution >= 4 is 24.8 Å². The fourth-order valence-corrected chi connectivity index (χ4v) is 6.13. The van der Waals surface area contributed by atoms with Crippen molar-refractivity contribution in [3.05, 3.63) is 66.2 Å². The predicted octanol–water partition coefficient (Wildman–Crippen LogP) is 6.60. The number of benzene rings is 2. The molecule has 0 bridgehead atoms. The molecule has 0 fully saturated rings. The van der Waals surface area contributed by atoms with Crippen LogP contribution >= 0.6 is 0 Å². The maximum Gasteiger partial charge on any atom is 0.218 e. The third-order valence-corrected chi connectivity index (χ3v) is 7.98. The Labute approximate surface area is 179 Å². The van der Waals surface area contributed by atoms with E-state index in [0.29, 0.717) is 0 Å². The van der Waals surface area contributed by atoms with Crippen molar-refractivity contribution in [2.24, 2.45) is 0 Å². The number of nitrogens with zero attached hydrogens (tertiary/aromatic N) is 1. The Balaban J connectivity index is 2.27. The Hall–Kier alpha value is -1.84. The van der Waals surface area contributed by atoms with Gasteiger partial charge in [0.1, 0.15) is 0 Å². The summed E-state index contributed by atoms with van der Waals surface area (Å²) in [6.45, 7) is 25.3. The number of rotatable bonds is 6. The molecule has 29 heavy (non-hydrogen) atoms. The molecule has 0 atom stereocenters. The van der Waals surface area contributed by atoms with Crippen molar-refractivity contribution in [3.8, 4) is 0 Å². The summed E-state index contributed by atoms with van der Waals surface area (Å²) in [4.78, 5) is 2.47. The van der Waals surface area contributed by atoms with Crippen LogP contribution in [0.5, 0.6) is 0 Å². The minimum Gasteiger partial charge on any atom is -0.413 e. The maximum atomic E-state index is 6.00. The molecular formula is C26H39NOSi. The molecule has 158 valence electrons. The summed E-state index contributed by atoms with van der Waals surface area (Å²) in [7, 11) is -1.81. The lowest BCUT2D eigenvalue weighted by Crippen LogP contribution is -2.53. The lowest BCUT2D eigenvalue weighted by molar-refractivity contribution is 0.339. The molecule has 2 aromatic rings. The molecule has 0 unspecified atom stereocenters. The second kappa shape index (κ2) is 8.49. The van der Waals surface area contributed by atoms with Crippen molar-refractivity contribution in [2.45, 2.75) is 72.6 Å². The summed E-state index contributed by atoms with van der Waals surface area (Å²) in [5.74, 6) is 0. The molecule has 2 rings (SSSR count). The molecule has 0 aliphatic rings. The molecule has 2 nitrogen and oxygen atoms in total. The van der Waals surface area contributed by atoms with Crippen LogP contribution < -0.4 is 10.1 Å².